The molecule has 2 rings (SSSR count). The first-order chi connectivity index (χ1) is 26.4. The number of benzene rings is 2. The van der Waals surface area contributed by atoms with Gasteiger partial charge in [-0.2, -0.15) is 0 Å². The smallest absolute Gasteiger partial charge is 0.326 e. The van der Waals surface area contributed by atoms with Gasteiger partial charge in [0.25, 0.3) is 0 Å². The fourth-order valence-corrected chi connectivity index (χ4v) is 5.70. The van der Waals surface area contributed by atoms with E-state index in [4.69, 9.17) is 11.5 Å². The number of nitrogens with one attached hydrogen (secondary N) is 6. The number of nitrogens with two attached hydrogens (primary N) is 2. The van der Waals surface area contributed by atoms with Gasteiger partial charge in [0, 0.05) is 39.8 Å². The average Bonchev–Trinajstić information content (AvgIpc) is 3.12. The maximum absolute atomic E-state index is 14.0. The first-order valence-corrected chi connectivity index (χ1v) is 18.5. The molecule has 0 saturated carbocycles. The Balaban J connectivity index is 2.39. The summed E-state index contributed by atoms with van der Waals surface area (Å²) in [5.41, 5.74) is 12.9. The molecule has 0 fully saturated rings. The molecule has 17 heteroatoms. The second kappa shape index (κ2) is 23.0. The zero-order valence-electron chi connectivity index (χ0n) is 32.9. The van der Waals surface area contributed by atoms with Crippen LogP contribution in [0.15, 0.2) is 59.6 Å². The van der Waals surface area contributed by atoms with Gasteiger partial charge in [-0.1, -0.05) is 82.3 Å². The van der Waals surface area contributed by atoms with E-state index in [1.807, 2.05) is 0 Å². The molecule has 0 spiro atoms. The lowest BCUT2D eigenvalue weighted by Crippen LogP contribution is -2.60. The number of carboxylic acids is 1. The van der Waals surface area contributed by atoms with E-state index < -0.39 is 71.6 Å². The topological polar surface area (TPSA) is 276 Å². The van der Waals surface area contributed by atoms with Crippen LogP contribution in [-0.4, -0.2) is 89.2 Å². The third-order valence-corrected chi connectivity index (χ3v) is 8.64. The minimum Gasteiger partial charge on any atom is -0.480 e. The number of aliphatic carboxylic acids is 1. The van der Waals surface area contributed by atoms with Gasteiger partial charge in [0.05, 0.1) is 0 Å². The number of aliphatic imine (C=N–C) groups is 1. The highest BCUT2D eigenvalue weighted by Crippen LogP contribution is 2.12. The molecule has 306 valence electrons. The van der Waals surface area contributed by atoms with Crippen molar-refractivity contribution in [1.82, 2.24) is 31.9 Å². The lowest BCUT2D eigenvalue weighted by atomic mass is 9.98. The number of rotatable bonds is 22. The summed E-state index contributed by atoms with van der Waals surface area (Å²) in [6, 6.07) is 9.78. The van der Waals surface area contributed by atoms with Crippen molar-refractivity contribution in [3.63, 3.8) is 0 Å². The summed E-state index contributed by atoms with van der Waals surface area (Å²) >= 11 is 0. The fourth-order valence-electron chi connectivity index (χ4n) is 5.70. The normalized spacial score (nSPS) is 13.6. The molecule has 2 aromatic carbocycles. The van der Waals surface area contributed by atoms with Crippen molar-refractivity contribution in [3.05, 3.63) is 71.3 Å². The van der Waals surface area contributed by atoms with Gasteiger partial charge >= 0.3 is 5.97 Å². The SMILES string of the molecule is CC(=O)NCc1cccc(C[C@H](NC(=O)[C@H](Cc2ccccc2)NC(=O)[C@H](CCCN=C(N)N)NC(=O)[C@@H](NC(=O)[C@@H](NC(C)=O)C(C)C)C(C)C)C(=O)O)c1. The van der Waals surface area contributed by atoms with Gasteiger partial charge in [0.15, 0.2) is 5.96 Å². The third-order valence-electron chi connectivity index (χ3n) is 8.64. The van der Waals surface area contributed by atoms with E-state index >= 15 is 0 Å². The minimum atomic E-state index is -1.38. The number of carbonyl (C=O) groups excluding carboxylic acids is 6. The highest BCUT2D eigenvalue weighted by molar-refractivity contribution is 5.96. The molecule has 0 saturated heterocycles. The van der Waals surface area contributed by atoms with E-state index in [0.29, 0.717) is 11.1 Å². The molecule has 0 aromatic heterocycles. The number of hydrogen-bond donors (Lipinski definition) is 9. The summed E-state index contributed by atoms with van der Waals surface area (Å²) in [5, 5.41) is 26.1. The summed E-state index contributed by atoms with van der Waals surface area (Å²) in [6.45, 7) is 9.94. The van der Waals surface area contributed by atoms with Crippen molar-refractivity contribution in [2.24, 2.45) is 28.3 Å². The Hall–Kier alpha value is -6.00. The highest BCUT2D eigenvalue weighted by atomic mass is 16.4. The minimum absolute atomic E-state index is 0.0178. The predicted octanol–water partition coefficient (Wildman–Crippen LogP) is 0.00200. The molecule has 6 amide bonds. The molecule has 0 bridgehead atoms. The van der Waals surface area contributed by atoms with Crippen molar-refractivity contribution in [3.8, 4) is 0 Å². The van der Waals surface area contributed by atoms with Gasteiger partial charge in [-0.15, -0.1) is 0 Å². The van der Waals surface area contributed by atoms with Crippen molar-refractivity contribution in [2.75, 3.05) is 6.54 Å². The Bertz CT molecular complexity index is 1700. The molecular formula is C39H57N9O8. The summed E-state index contributed by atoms with van der Waals surface area (Å²) in [4.78, 5) is 94.4. The van der Waals surface area contributed by atoms with Gasteiger partial charge in [0.2, 0.25) is 35.4 Å². The molecule has 0 radical (unpaired) electrons. The van der Waals surface area contributed by atoms with E-state index in [1.165, 1.54) is 13.8 Å². The molecule has 11 N–H and O–H groups in total. The molecule has 0 aliphatic carbocycles. The quantitative estimate of drug-likeness (QED) is 0.0438. The van der Waals surface area contributed by atoms with Crippen molar-refractivity contribution >= 4 is 47.4 Å². The summed E-state index contributed by atoms with van der Waals surface area (Å²) in [6.07, 6.45) is 0.160. The number of hydrogen-bond acceptors (Lipinski definition) is 8. The Labute approximate surface area is 327 Å². The van der Waals surface area contributed by atoms with E-state index in [0.717, 1.165) is 5.56 Å². The van der Waals surface area contributed by atoms with Gasteiger partial charge in [-0.25, -0.2) is 4.79 Å². The second-order valence-corrected chi connectivity index (χ2v) is 14.2. The van der Waals surface area contributed by atoms with Crippen LogP contribution in [-0.2, 0) is 52.9 Å². The molecule has 0 heterocycles. The van der Waals surface area contributed by atoms with Crippen molar-refractivity contribution in [2.45, 2.75) is 104 Å². The molecule has 0 unspecified atom stereocenters. The number of carbonyl (C=O) groups is 7. The van der Waals surface area contributed by atoms with E-state index in [9.17, 15) is 38.7 Å². The van der Waals surface area contributed by atoms with Crippen LogP contribution in [0.3, 0.4) is 0 Å². The summed E-state index contributed by atoms with van der Waals surface area (Å²) in [7, 11) is 0. The van der Waals surface area contributed by atoms with Gasteiger partial charge in [-0.3, -0.25) is 33.8 Å². The number of amides is 6. The Kier molecular flexibility index (Phi) is 19.0. The second-order valence-electron chi connectivity index (χ2n) is 14.2. The van der Waals surface area contributed by atoms with Crippen LogP contribution in [0.25, 0.3) is 0 Å². The van der Waals surface area contributed by atoms with Crippen LogP contribution in [0.4, 0.5) is 0 Å². The predicted molar refractivity (Wildman–Crippen MR) is 210 cm³/mol. The van der Waals surface area contributed by atoms with Gasteiger partial charge < -0.3 is 48.5 Å². The van der Waals surface area contributed by atoms with E-state index in [1.54, 1.807) is 82.3 Å². The number of nitrogens with zero attached hydrogens (tertiary/aromatic N) is 1. The van der Waals surface area contributed by atoms with Gasteiger partial charge in [-0.05, 0) is 41.4 Å². The van der Waals surface area contributed by atoms with Crippen LogP contribution in [0.5, 0.6) is 0 Å². The summed E-state index contributed by atoms with van der Waals surface area (Å²) < 4.78 is 0. The van der Waals surface area contributed by atoms with E-state index in [-0.39, 0.29) is 56.6 Å². The number of guanidine groups is 1. The highest BCUT2D eigenvalue weighted by Gasteiger charge is 2.34. The van der Waals surface area contributed by atoms with Crippen molar-refractivity contribution in [1.29, 1.82) is 0 Å². The van der Waals surface area contributed by atoms with E-state index in [2.05, 4.69) is 36.9 Å². The van der Waals surface area contributed by atoms with Crippen LogP contribution >= 0.6 is 0 Å². The van der Waals surface area contributed by atoms with Crippen molar-refractivity contribution < 1.29 is 38.7 Å². The lowest BCUT2D eigenvalue weighted by Gasteiger charge is -2.29. The first-order valence-electron chi connectivity index (χ1n) is 18.5. The molecule has 5 atom stereocenters. The molecule has 0 aliphatic heterocycles. The molecule has 56 heavy (non-hydrogen) atoms. The van der Waals surface area contributed by atoms with Crippen LogP contribution < -0.4 is 43.4 Å². The number of carboxylic acid groups (broad SMARTS) is 1. The molecular weight excluding hydrogens is 722 g/mol. The standard InChI is InChI=1S/C39H57N9O8/c1-22(2)32(44-25(6)50)37(54)48-33(23(3)4)36(53)45-29(16-11-17-42-39(40)41)34(51)46-30(19-26-12-8-7-9-13-26)35(52)47-31(38(55)56)20-27-14-10-15-28(18-27)21-43-24(5)49/h7-10,12-15,18,22-23,29-33H,11,16-17,19-21H2,1-6H3,(H,43,49)(H,44,50)(H,45,53)(H,46,51)(H,47,52)(H,48,54)(H,55,56)(H4,40,41,42)/t29-,30-,31-,32-,33-/m0/s1. The lowest BCUT2D eigenvalue weighted by molar-refractivity contribution is -0.142. The maximum Gasteiger partial charge on any atom is 0.326 e. The zero-order chi connectivity index (χ0) is 41.9. The first kappa shape index (κ1) is 46.2. The van der Waals surface area contributed by atoms with Crippen LogP contribution in [0.1, 0.15) is 71.1 Å². The van der Waals surface area contributed by atoms with Crippen LogP contribution in [0.2, 0.25) is 0 Å². The van der Waals surface area contributed by atoms with Crippen LogP contribution in [0, 0.1) is 11.8 Å². The summed E-state index contributed by atoms with van der Waals surface area (Å²) in [5.74, 6) is -5.63. The third kappa shape index (κ3) is 16.6. The average molecular weight is 780 g/mol. The Morgan fingerprint density at radius 2 is 1.14 bits per heavy atom. The Morgan fingerprint density at radius 1 is 0.625 bits per heavy atom. The maximum atomic E-state index is 14.0. The largest absolute Gasteiger partial charge is 0.480 e. The molecule has 17 nitrogen and oxygen atoms in total. The monoisotopic (exact) mass is 779 g/mol. The zero-order valence-corrected chi connectivity index (χ0v) is 32.9. The molecule has 2 aromatic rings. The molecule has 0 aliphatic rings. The Morgan fingerprint density at radius 3 is 1.71 bits per heavy atom. The van der Waals surface area contributed by atoms with Gasteiger partial charge in [0.1, 0.15) is 30.2 Å². The fraction of sp³-hybridized carbons (Fsp3) is 0.487.